The summed E-state index contributed by atoms with van der Waals surface area (Å²) in [5, 5.41) is 4.48. The Morgan fingerprint density at radius 1 is 1.33 bits per heavy atom. The third kappa shape index (κ3) is 3.72. The van der Waals surface area contributed by atoms with Gasteiger partial charge in [0.15, 0.2) is 0 Å². The van der Waals surface area contributed by atoms with Crippen LogP contribution in [-0.2, 0) is 6.54 Å². The molecule has 0 amide bonds. The van der Waals surface area contributed by atoms with Crippen molar-refractivity contribution in [3.8, 4) is 0 Å². The molecule has 2 aromatic rings. The van der Waals surface area contributed by atoms with Gasteiger partial charge in [-0.25, -0.2) is 14.6 Å². The number of nitrogens with one attached hydrogen (secondary N) is 1. The van der Waals surface area contributed by atoms with Crippen LogP contribution in [0.3, 0.4) is 0 Å². The molecule has 7 heteroatoms. The van der Waals surface area contributed by atoms with Crippen LogP contribution in [0.4, 0.5) is 0 Å². The van der Waals surface area contributed by atoms with E-state index in [4.69, 9.17) is 0 Å². The zero-order valence-corrected chi connectivity index (χ0v) is 14.9. The monoisotopic (exact) mass is 330 g/mol. The maximum absolute atomic E-state index is 11.7. The summed E-state index contributed by atoms with van der Waals surface area (Å²) in [7, 11) is 0. The zero-order valence-electron chi connectivity index (χ0n) is 14.9. The molecule has 7 nitrogen and oxygen atoms in total. The van der Waals surface area contributed by atoms with E-state index in [1.165, 1.54) is 12.5 Å². The van der Waals surface area contributed by atoms with Gasteiger partial charge in [0.25, 0.3) is 5.56 Å². The minimum atomic E-state index is -0.0772. The van der Waals surface area contributed by atoms with E-state index >= 15 is 0 Å². The van der Waals surface area contributed by atoms with Crippen LogP contribution in [0.25, 0.3) is 0 Å². The molecule has 3 heterocycles. The number of hydrogen-bond donors (Lipinski definition) is 1. The molecule has 0 saturated carbocycles. The van der Waals surface area contributed by atoms with Crippen LogP contribution in [-0.4, -0.2) is 42.7 Å². The van der Waals surface area contributed by atoms with Gasteiger partial charge in [0.1, 0.15) is 17.5 Å². The Morgan fingerprint density at radius 3 is 2.79 bits per heavy atom. The summed E-state index contributed by atoms with van der Waals surface area (Å²) in [6.45, 7) is 10.8. The smallest absolute Gasteiger partial charge is 0.251 e. The molecule has 0 aromatic carbocycles. The van der Waals surface area contributed by atoms with Crippen molar-refractivity contribution < 1.29 is 0 Å². The predicted octanol–water partition coefficient (Wildman–Crippen LogP) is 1.76. The Hall–Kier alpha value is -2.02. The lowest BCUT2D eigenvalue weighted by molar-refractivity contribution is 0.116. The van der Waals surface area contributed by atoms with E-state index in [9.17, 15) is 4.79 Å². The number of piperidine rings is 1. The molecule has 0 bridgehead atoms. The molecule has 1 aliphatic rings. The fourth-order valence-electron chi connectivity index (χ4n) is 3.55. The van der Waals surface area contributed by atoms with Gasteiger partial charge in [0.05, 0.1) is 6.04 Å². The Labute approximate surface area is 142 Å². The normalized spacial score (nSPS) is 20.2. The van der Waals surface area contributed by atoms with Crippen molar-refractivity contribution in [2.24, 2.45) is 5.92 Å². The molecule has 1 fully saturated rings. The van der Waals surface area contributed by atoms with E-state index in [1.54, 1.807) is 0 Å². The lowest BCUT2D eigenvalue weighted by Crippen LogP contribution is -2.39. The van der Waals surface area contributed by atoms with Gasteiger partial charge in [0, 0.05) is 24.8 Å². The van der Waals surface area contributed by atoms with Crippen LogP contribution < -0.4 is 5.56 Å². The maximum Gasteiger partial charge on any atom is 0.251 e. The van der Waals surface area contributed by atoms with Gasteiger partial charge in [-0.1, -0.05) is 0 Å². The SMILES string of the molecule is Cc1cc(=O)[nH]c([C@H](C)N2CCC[C@H](Cn3nc(C)nc3C)C2)n1. The van der Waals surface area contributed by atoms with Crippen molar-refractivity contribution in [3.05, 3.63) is 39.6 Å². The van der Waals surface area contributed by atoms with E-state index < -0.39 is 0 Å². The van der Waals surface area contributed by atoms with E-state index in [2.05, 4.69) is 31.9 Å². The molecule has 2 aromatic heterocycles. The second-order valence-corrected chi connectivity index (χ2v) is 6.84. The van der Waals surface area contributed by atoms with Crippen molar-refractivity contribution in [1.29, 1.82) is 0 Å². The van der Waals surface area contributed by atoms with Gasteiger partial charge in [-0.15, -0.1) is 0 Å². The van der Waals surface area contributed by atoms with E-state index in [0.717, 1.165) is 49.2 Å². The van der Waals surface area contributed by atoms with E-state index in [1.807, 2.05) is 25.5 Å². The molecule has 1 aliphatic heterocycles. The zero-order chi connectivity index (χ0) is 17.3. The molecule has 0 aliphatic carbocycles. The minimum absolute atomic E-state index is 0.0772. The highest BCUT2D eigenvalue weighted by Crippen LogP contribution is 2.25. The number of aromatic nitrogens is 5. The number of H-pyrrole nitrogens is 1. The van der Waals surface area contributed by atoms with Crippen LogP contribution in [0.1, 0.15) is 49.0 Å². The number of hydrogen-bond acceptors (Lipinski definition) is 5. The topological polar surface area (TPSA) is 79.7 Å². The van der Waals surface area contributed by atoms with Gasteiger partial charge >= 0.3 is 0 Å². The first kappa shape index (κ1) is 16.8. The maximum atomic E-state index is 11.7. The molecule has 24 heavy (non-hydrogen) atoms. The average molecular weight is 330 g/mol. The summed E-state index contributed by atoms with van der Waals surface area (Å²) < 4.78 is 2.01. The number of nitrogens with zero attached hydrogens (tertiary/aromatic N) is 5. The molecular formula is C17H26N6O. The highest BCUT2D eigenvalue weighted by molar-refractivity contribution is 5.03. The summed E-state index contributed by atoms with van der Waals surface area (Å²) in [4.78, 5) is 25.9. The van der Waals surface area contributed by atoms with E-state index in [0.29, 0.717) is 5.92 Å². The first-order chi connectivity index (χ1) is 11.4. The van der Waals surface area contributed by atoms with E-state index in [-0.39, 0.29) is 11.6 Å². The molecule has 0 spiro atoms. The van der Waals surface area contributed by atoms with Crippen molar-refractivity contribution in [2.75, 3.05) is 13.1 Å². The van der Waals surface area contributed by atoms with Gasteiger partial charge in [0.2, 0.25) is 0 Å². The molecule has 0 radical (unpaired) electrons. The second kappa shape index (κ2) is 6.84. The predicted molar refractivity (Wildman–Crippen MR) is 91.8 cm³/mol. The van der Waals surface area contributed by atoms with Gasteiger partial charge in [-0.2, -0.15) is 5.10 Å². The second-order valence-electron chi connectivity index (χ2n) is 6.84. The quantitative estimate of drug-likeness (QED) is 0.924. The third-order valence-electron chi connectivity index (χ3n) is 4.78. The Bertz CT molecular complexity index is 765. The van der Waals surface area contributed by atoms with Crippen molar-refractivity contribution in [2.45, 2.75) is 53.1 Å². The van der Waals surface area contributed by atoms with Crippen LogP contribution in [0.15, 0.2) is 10.9 Å². The number of rotatable bonds is 4. The van der Waals surface area contributed by atoms with Gasteiger partial charge < -0.3 is 4.98 Å². The molecule has 3 rings (SSSR count). The lowest BCUT2D eigenvalue weighted by atomic mass is 9.96. The van der Waals surface area contributed by atoms with Gasteiger partial charge in [-0.3, -0.25) is 9.69 Å². The van der Waals surface area contributed by atoms with Crippen LogP contribution >= 0.6 is 0 Å². The van der Waals surface area contributed by atoms with Crippen molar-refractivity contribution in [3.63, 3.8) is 0 Å². The number of likely N-dealkylation sites (tertiary alicyclic amines) is 1. The number of aromatic amines is 1. The first-order valence-corrected chi connectivity index (χ1v) is 8.62. The molecule has 2 atom stereocenters. The molecule has 0 unspecified atom stereocenters. The summed E-state index contributed by atoms with van der Waals surface area (Å²) in [6, 6.07) is 1.64. The molecule has 1 N–H and O–H groups in total. The summed E-state index contributed by atoms with van der Waals surface area (Å²) in [5.41, 5.74) is 0.689. The molecule has 130 valence electrons. The number of aryl methyl sites for hydroxylation is 3. The fraction of sp³-hybridized carbons (Fsp3) is 0.647. The van der Waals surface area contributed by atoms with Crippen molar-refractivity contribution >= 4 is 0 Å². The third-order valence-corrected chi connectivity index (χ3v) is 4.78. The fourth-order valence-corrected chi connectivity index (χ4v) is 3.55. The lowest BCUT2D eigenvalue weighted by Gasteiger charge is -2.36. The summed E-state index contributed by atoms with van der Waals surface area (Å²) in [5.74, 6) is 3.10. The van der Waals surface area contributed by atoms with Crippen LogP contribution in [0, 0.1) is 26.7 Å². The standard InChI is InChI=1S/C17H26N6O/c1-11-8-16(24)20-17(18-11)12(2)22-7-5-6-15(9-22)10-23-14(4)19-13(3)21-23/h8,12,15H,5-7,9-10H2,1-4H3,(H,18,20,24)/t12-,15-/m0/s1. The first-order valence-electron chi connectivity index (χ1n) is 8.62. The Balaban J connectivity index is 1.70. The van der Waals surface area contributed by atoms with Crippen LogP contribution in [0.5, 0.6) is 0 Å². The Morgan fingerprint density at radius 2 is 2.12 bits per heavy atom. The molecule has 1 saturated heterocycles. The van der Waals surface area contributed by atoms with Crippen molar-refractivity contribution in [1.82, 2.24) is 29.6 Å². The Kier molecular flexibility index (Phi) is 4.80. The highest BCUT2D eigenvalue weighted by Gasteiger charge is 2.26. The molecular weight excluding hydrogens is 304 g/mol. The minimum Gasteiger partial charge on any atom is -0.309 e. The highest BCUT2D eigenvalue weighted by atomic mass is 16.1. The average Bonchev–Trinajstić information content (AvgIpc) is 2.83. The summed E-state index contributed by atoms with van der Waals surface area (Å²) in [6.07, 6.45) is 2.34. The van der Waals surface area contributed by atoms with Gasteiger partial charge in [-0.05, 0) is 53.0 Å². The van der Waals surface area contributed by atoms with Crippen LogP contribution in [0.2, 0.25) is 0 Å². The largest absolute Gasteiger partial charge is 0.309 e. The summed E-state index contributed by atoms with van der Waals surface area (Å²) >= 11 is 0.